The number of esters is 1. The van der Waals surface area contributed by atoms with Crippen LogP contribution in [0.3, 0.4) is 0 Å². The summed E-state index contributed by atoms with van der Waals surface area (Å²) in [7, 11) is 0. The molecule has 1 aromatic rings. The van der Waals surface area contributed by atoms with E-state index in [-0.39, 0.29) is 30.5 Å². The first kappa shape index (κ1) is 19.2. The van der Waals surface area contributed by atoms with Gasteiger partial charge in [-0.25, -0.2) is 9.59 Å². The van der Waals surface area contributed by atoms with E-state index in [9.17, 15) is 14.4 Å². The molecule has 1 aromatic carbocycles. The van der Waals surface area contributed by atoms with Gasteiger partial charge in [0.05, 0.1) is 5.56 Å². The third-order valence-electron chi connectivity index (χ3n) is 4.94. The number of piperazine rings is 1. The van der Waals surface area contributed by atoms with Crippen LogP contribution in [-0.2, 0) is 9.53 Å². The highest BCUT2D eigenvalue weighted by atomic mass is 16.5. The molecule has 27 heavy (non-hydrogen) atoms. The lowest BCUT2D eigenvalue weighted by Crippen LogP contribution is -2.53. The molecule has 1 unspecified atom stereocenters. The monoisotopic (exact) mass is 374 g/mol. The Morgan fingerprint density at radius 1 is 1.26 bits per heavy atom. The van der Waals surface area contributed by atoms with Gasteiger partial charge in [-0.05, 0) is 50.6 Å². The Morgan fingerprint density at radius 3 is 2.67 bits per heavy atom. The van der Waals surface area contributed by atoms with Gasteiger partial charge in [0.15, 0.2) is 0 Å². The lowest BCUT2D eigenvalue weighted by Gasteiger charge is -2.33. The van der Waals surface area contributed by atoms with Crippen molar-refractivity contribution in [3.63, 3.8) is 0 Å². The van der Waals surface area contributed by atoms with Gasteiger partial charge in [0.2, 0.25) is 5.91 Å². The number of hydrogen-bond acceptors (Lipinski definition) is 5. The van der Waals surface area contributed by atoms with Gasteiger partial charge >= 0.3 is 12.0 Å². The molecule has 2 fully saturated rings. The highest BCUT2D eigenvalue weighted by Crippen LogP contribution is 2.13. The Morgan fingerprint density at radius 2 is 2.04 bits per heavy atom. The predicted octanol–water partition coefficient (Wildman–Crippen LogP) is 1.29. The van der Waals surface area contributed by atoms with Gasteiger partial charge in [0, 0.05) is 31.4 Å². The number of amides is 3. The van der Waals surface area contributed by atoms with Crippen molar-refractivity contribution in [1.82, 2.24) is 15.1 Å². The van der Waals surface area contributed by atoms with E-state index in [0.29, 0.717) is 37.5 Å². The molecule has 3 rings (SSSR count). The van der Waals surface area contributed by atoms with Crippen LogP contribution in [0.2, 0.25) is 0 Å². The molecule has 3 amide bonds. The Kier molecular flexibility index (Phi) is 6.28. The number of carbonyl (C=O) groups is 3. The van der Waals surface area contributed by atoms with E-state index in [1.165, 1.54) is 4.90 Å². The second-order valence-corrected chi connectivity index (χ2v) is 6.79. The Bertz CT molecular complexity index is 685. The van der Waals surface area contributed by atoms with Crippen molar-refractivity contribution >= 4 is 23.6 Å². The average Bonchev–Trinajstić information content (AvgIpc) is 3.20. The summed E-state index contributed by atoms with van der Waals surface area (Å²) in [6.45, 7) is 5.05. The zero-order valence-corrected chi connectivity index (χ0v) is 15.6. The van der Waals surface area contributed by atoms with Gasteiger partial charge in [-0.2, -0.15) is 0 Å². The molecule has 8 nitrogen and oxygen atoms in total. The number of nitrogens with zero attached hydrogens (tertiary/aromatic N) is 2. The normalized spacial score (nSPS) is 19.9. The van der Waals surface area contributed by atoms with Crippen molar-refractivity contribution in [1.29, 1.82) is 0 Å². The number of urea groups is 1. The number of rotatable bonds is 5. The van der Waals surface area contributed by atoms with E-state index >= 15 is 0 Å². The quantitative estimate of drug-likeness (QED) is 0.758. The van der Waals surface area contributed by atoms with Crippen LogP contribution >= 0.6 is 0 Å². The largest absolute Gasteiger partial charge is 0.460 e. The Balaban J connectivity index is 1.49. The van der Waals surface area contributed by atoms with Crippen molar-refractivity contribution < 1.29 is 19.1 Å². The van der Waals surface area contributed by atoms with Crippen LogP contribution in [0.15, 0.2) is 24.3 Å². The Hall–Kier alpha value is -2.61. The maximum absolute atomic E-state index is 12.3. The van der Waals surface area contributed by atoms with Crippen molar-refractivity contribution in [3.8, 4) is 0 Å². The number of likely N-dealkylation sites (N-methyl/N-ethyl adjacent to an activating group) is 1. The van der Waals surface area contributed by atoms with Crippen LogP contribution in [0.5, 0.6) is 0 Å². The number of anilines is 1. The third-order valence-corrected chi connectivity index (χ3v) is 4.94. The van der Waals surface area contributed by atoms with Gasteiger partial charge in [0.1, 0.15) is 13.2 Å². The van der Waals surface area contributed by atoms with Crippen molar-refractivity contribution in [2.75, 3.05) is 44.6 Å². The van der Waals surface area contributed by atoms with E-state index in [1.807, 2.05) is 6.92 Å². The van der Waals surface area contributed by atoms with Crippen LogP contribution in [0, 0.1) is 0 Å². The molecular weight excluding hydrogens is 348 g/mol. The summed E-state index contributed by atoms with van der Waals surface area (Å²) in [5.74, 6) is -0.420. The molecule has 2 heterocycles. The second-order valence-electron chi connectivity index (χ2n) is 6.79. The molecule has 8 heteroatoms. The summed E-state index contributed by atoms with van der Waals surface area (Å²) in [5, 5.41) is 6.04. The zero-order chi connectivity index (χ0) is 19.2. The van der Waals surface area contributed by atoms with Crippen LogP contribution in [0.4, 0.5) is 10.5 Å². The number of carbonyl (C=O) groups excluding carboxylic acids is 3. The van der Waals surface area contributed by atoms with E-state index < -0.39 is 0 Å². The van der Waals surface area contributed by atoms with Crippen LogP contribution in [0.25, 0.3) is 0 Å². The van der Waals surface area contributed by atoms with Gasteiger partial charge in [-0.3, -0.25) is 4.79 Å². The molecule has 0 bridgehead atoms. The summed E-state index contributed by atoms with van der Waals surface area (Å²) >= 11 is 0. The number of benzene rings is 1. The minimum Gasteiger partial charge on any atom is -0.460 e. The van der Waals surface area contributed by atoms with Crippen LogP contribution in [0.1, 0.15) is 30.1 Å². The summed E-state index contributed by atoms with van der Waals surface area (Å²) in [5.41, 5.74) is 1.01. The fourth-order valence-corrected chi connectivity index (χ4v) is 3.27. The number of ether oxygens (including phenoxy) is 1. The van der Waals surface area contributed by atoms with Crippen molar-refractivity contribution in [2.24, 2.45) is 0 Å². The average molecular weight is 374 g/mol. The van der Waals surface area contributed by atoms with E-state index in [1.54, 1.807) is 29.2 Å². The Labute approximate surface area is 158 Å². The highest BCUT2D eigenvalue weighted by molar-refractivity contribution is 5.94. The molecule has 0 aliphatic carbocycles. The molecule has 0 saturated carbocycles. The molecule has 146 valence electrons. The van der Waals surface area contributed by atoms with Gasteiger partial charge in [-0.1, -0.05) is 0 Å². The SMILES string of the molecule is CCN1CCN(C(=O)Nc2ccc(C(=O)OCC3CCCN3)cc2)CC1=O. The lowest BCUT2D eigenvalue weighted by atomic mass is 10.2. The topological polar surface area (TPSA) is 91.0 Å². The van der Waals surface area contributed by atoms with Gasteiger partial charge in [0.25, 0.3) is 0 Å². The highest BCUT2D eigenvalue weighted by Gasteiger charge is 2.26. The minimum atomic E-state index is -0.372. The maximum Gasteiger partial charge on any atom is 0.338 e. The molecule has 2 saturated heterocycles. The first-order valence-corrected chi connectivity index (χ1v) is 9.41. The summed E-state index contributed by atoms with van der Waals surface area (Å²) in [4.78, 5) is 39.5. The minimum absolute atomic E-state index is 0.0475. The molecule has 2 aliphatic rings. The molecule has 2 N–H and O–H groups in total. The molecule has 0 radical (unpaired) electrons. The first-order valence-electron chi connectivity index (χ1n) is 9.41. The number of nitrogens with one attached hydrogen (secondary N) is 2. The van der Waals surface area contributed by atoms with Crippen LogP contribution < -0.4 is 10.6 Å². The summed E-state index contributed by atoms with van der Waals surface area (Å²) in [6, 6.07) is 6.49. The fraction of sp³-hybridized carbons (Fsp3) is 0.526. The summed E-state index contributed by atoms with van der Waals surface area (Å²) < 4.78 is 5.32. The fourth-order valence-electron chi connectivity index (χ4n) is 3.27. The molecule has 1 atom stereocenters. The zero-order valence-electron chi connectivity index (χ0n) is 15.6. The molecular formula is C19H26N4O4. The predicted molar refractivity (Wildman–Crippen MR) is 101 cm³/mol. The van der Waals surface area contributed by atoms with Gasteiger partial charge < -0.3 is 25.2 Å². The lowest BCUT2D eigenvalue weighted by molar-refractivity contribution is -0.134. The summed E-state index contributed by atoms with van der Waals surface area (Å²) in [6.07, 6.45) is 2.13. The first-order chi connectivity index (χ1) is 13.1. The number of hydrogen-bond donors (Lipinski definition) is 2. The van der Waals surface area contributed by atoms with E-state index in [4.69, 9.17) is 4.74 Å². The maximum atomic E-state index is 12.3. The molecule has 2 aliphatic heterocycles. The van der Waals surface area contributed by atoms with Crippen molar-refractivity contribution in [2.45, 2.75) is 25.8 Å². The third kappa shape index (κ3) is 4.97. The van der Waals surface area contributed by atoms with E-state index in [2.05, 4.69) is 10.6 Å². The van der Waals surface area contributed by atoms with E-state index in [0.717, 1.165) is 19.4 Å². The smallest absolute Gasteiger partial charge is 0.338 e. The molecule has 0 aromatic heterocycles. The standard InChI is InChI=1S/C19H26N4O4/c1-2-22-10-11-23(12-17(22)24)19(26)21-15-7-5-14(6-8-15)18(25)27-13-16-4-3-9-20-16/h5-8,16,20H,2-4,9-13H2,1H3,(H,21,26). The second kappa shape index (κ2) is 8.85. The van der Waals surface area contributed by atoms with Gasteiger partial charge in [-0.15, -0.1) is 0 Å². The van der Waals surface area contributed by atoms with Crippen molar-refractivity contribution in [3.05, 3.63) is 29.8 Å². The molecule has 0 spiro atoms. The van der Waals surface area contributed by atoms with Crippen LogP contribution in [-0.4, -0.2) is 73.1 Å².